The molecule has 1 atom stereocenters. The average Bonchev–Trinajstić information content (AvgIpc) is 2.87. The van der Waals surface area contributed by atoms with Crippen molar-refractivity contribution < 1.29 is 4.79 Å². The van der Waals surface area contributed by atoms with E-state index in [2.05, 4.69) is 18.9 Å². The Labute approximate surface area is 131 Å². The second-order valence-corrected chi connectivity index (χ2v) is 5.95. The molecule has 118 valence electrons. The van der Waals surface area contributed by atoms with Crippen LogP contribution in [-0.4, -0.2) is 27.6 Å². The summed E-state index contributed by atoms with van der Waals surface area (Å²) in [6, 6.07) is 8.81. The molecule has 0 radical (unpaired) electrons. The Morgan fingerprint density at radius 2 is 1.95 bits per heavy atom. The zero-order valence-electron chi connectivity index (χ0n) is 13.7. The first-order valence-electron chi connectivity index (χ1n) is 7.48. The Kier molecular flexibility index (Phi) is 4.98. The number of hydrogen-bond donors (Lipinski definition) is 1. The number of aromatic nitrogens is 2. The molecule has 1 amide bonds. The van der Waals surface area contributed by atoms with E-state index in [1.54, 1.807) is 16.6 Å². The predicted molar refractivity (Wildman–Crippen MR) is 87.1 cm³/mol. The molecule has 0 saturated carbocycles. The van der Waals surface area contributed by atoms with Crippen LogP contribution in [0.2, 0.25) is 0 Å². The third-order valence-electron chi connectivity index (χ3n) is 3.69. The first-order valence-corrected chi connectivity index (χ1v) is 7.48. The number of likely N-dealkylation sites (N-methyl/N-ethyl adjacent to an activating group) is 1. The topological polar surface area (TPSA) is 64.2 Å². The van der Waals surface area contributed by atoms with Gasteiger partial charge in [-0.05, 0) is 11.5 Å². The van der Waals surface area contributed by atoms with Gasteiger partial charge in [0.05, 0.1) is 5.69 Å². The van der Waals surface area contributed by atoms with E-state index in [9.17, 15) is 4.79 Å². The van der Waals surface area contributed by atoms with Gasteiger partial charge in [-0.1, -0.05) is 44.2 Å². The van der Waals surface area contributed by atoms with E-state index in [0.29, 0.717) is 12.5 Å². The van der Waals surface area contributed by atoms with Crippen molar-refractivity contribution in [3.8, 4) is 0 Å². The van der Waals surface area contributed by atoms with Crippen LogP contribution in [0.25, 0.3) is 0 Å². The smallest absolute Gasteiger partial charge is 0.244 e. The van der Waals surface area contributed by atoms with E-state index in [1.807, 2.05) is 43.6 Å². The maximum atomic E-state index is 12.5. The molecular weight excluding hydrogens is 276 g/mol. The molecule has 0 aliphatic carbocycles. The highest BCUT2D eigenvalue weighted by Crippen LogP contribution is 2.20. The zero-order valence-corrected chi connectivity index (χ0v) is 13.7. The number of nitrogens with two attached hydrogens (primary N) is 1. The van der Waals surface area contributed by atoms with Crippen molar-refractivity contribution in [2.24, 2.45) is 12.8 Å². The number of hydrogen-bond acceptors (Lipinski definition) is 3. The van der Waals surface area contributed by atoms with Gasteiger partial charge in [0.15, 0.2) is 0 Å². The molecule has 0 fully saturated rings. The molecule has 2 rings (SSSR count). The van der Waals surface area contributed by atoms with E-state index in [4.69, 9.17) is 5.73 Å². The summed E-state index contributed by atoms with van der Waals surface area (Å²) >= 11 is 0. The molecule has 22 heavy (non-hydrogen) atoms. The molecule has 5 nitrogen and oxygen atoms in total. The quantitative estimate of drug-likeness (QED) is 0.920. The van der Waals surface area contributed by atoms with Gasteiger partial charge in [-0.15, -0.1) is 0 Å². The highest BCUT2D eigenvalue weighted by molar-refractivity contribution is 5.82. The molecule has 1 aromatic heterocycles. The molecule has 0 aliphatic rings. The van der Waals surface area contributed by atoms with Gasteiger partial charge in [0.2, 0.25) is 5.91 Å². The lowest BCUT2D eigenvalue weighted by Crippen LogP contribution is -2.35. The van der Waals surface area contributed by atoms with E-state index < -0.39 is 6.04 Å². The van der Waals surface area contributed by atoms with Crippen molar-refractivity contribution in [2.45, 2.75) is 32.4 Å². The fraction of sp³-hybridized carbons (Fsp3) is 0.412. The number of carbonyl (C=O) groups excluding carboxylic acids is 1. The third kappa shape index (κ3) is 3.54. The van der Waals surface area contributed by atoms with Gasteiger partial charge in [-0.3, -0.25) is 9.48 Å². The number of benzene rings is 1. The van der Waals surface area contributed by atoms with Crippen LogP contribution in [-0.2, 0) is 18.4 Å². The van der Waals surface area contributed by atoms with Gasteiger partial charge < -0.3 is 10.6 Å². The van der Waals surface area contributed by atoms with E-state index in [1.165, 1.54) is 0 Å². The Hall–Kier alpha value is -2.14. The van der Waals surface area contributed by atoms with Crippen LogP contribution in [0.4, 0.5) is 0 Å². The van der Waals surface area contributed by atoms with Crippen molar-refractivity contribution in [1.82, 2.24) is 14.7 Å². The zero-order chi connectivity index (χ0) is 16.3. The van der Waals surface area contributed by atoms with Crippen LogP contribution in [0.1, 0.15) is 42.6 Å². The average molecular weight is 300 g/mol. The summed E-state index contributed by atoms with van der Waals surface area (Å²) in [5.41, 5.74) is 9.00. The highest BCUT2D eigenvalue weighted by atomic mass is 16.2. The van der Waals surface area contributed by atoms with E-state index >= 15 is 0 Å². The van der Waals surface area contributed by atoms with Gasteiger partial charge in [0.25, 0.3) is 0 Å². The van der Waals surface area contributed by atoms with Crippen molar-refractivity contribution in [2.75, 3.05) is 7.05 Å². The molecule has 1 aromatic carbocycles. The van der Waals surface area contributed by atoms with Crippen LogP contribution >= 0.6 is 0 Å². The molecule has 2 aromatic rings. The summed E-state index contributed by atoms with van der Waals surface area (Å²) < 4.78 is 1.79. The second kappa shape index (κ2) is 6.75. The SMILES string of the molecule is CC(C)c1nn(C)cc1CN(C)C(=O)C(N)c1ccccc1. The predicted octanol–water partition coefficient (Wildman–Crippen LogP) is 2.20. The maximum absolute atomic E-state index is 12.5. The summed E-state index contributed by atoms with van der Waals surface area (Å²) in [6.07, 6.45) is 1.97. The number of nitrogens with zero attached hydrogens (tertiary/aromatic N) is 3. The number of carbonyl (C=O) groups is 1. The van der Waals surface area contributed by atoms with Gasteiger partial charge >= 0.3 is 0 Å². The molecule has 1 unspecified atom stereocenters. The molecule has 2 N–H and O–H groups in total. The molecule has 1 heterocycles. The molecule has 0 aliphatic heterocycles. The standard InChI is InChI=1S/C17H24N4O/c1-12(2)16-14(11-21(4)19-16)10-20(3)17(22)15(18)13-8-6-5-7-9-13/h5-9,11-12,15H,10,18H2,1-4H3. The monoisotopic (exact) mass is 300 g/mol. The Bertz CT molecular complexity index is 633. The molecular formula is C17H24N4O. The van der Waals surface area contributed by atoms with Crippen LogP contribution in [0.15, 0.2) is 36.5 Å². The first-order chi connectivity index (χ1) is 10.4. The first kappa shape index (κ1) is 16.2. The lowest BCUT2D eigenvalue weighted by atomic mass is 10.0. The van der Waals surface area contributed by atoms with Crippen molar-refractivity contribution in [3.05, 3.63) is 53.3 Å². The fourth-order valence-corrected chi connectivity index (χ4v) is 2.54. The highest BCUT2D eigenvalue weighted by Gasteiger charge is 2.21. The molecule has 0 bridgehead atoms. The van der Waals surface area contributed by atoms with Crippen LogP contribution in [0.3, 0.4) is 0 Å². The van der Waals surface area contributed by atoms with Gasteiger partial charge in [0, 0.05) is 32.4 Å². The Morgan fingerprint density at radius 3 is 2.55 bits per heavy atom. The Balaban J connectivity index is 2.12. The summed E-state index contributed by atoms with van der Waals surface area (Å²) in [5.74, 6) is 0.229. The van der Waals surface area contributed by atoms with Crippen molar-refractivity contribution in [3.63, 3.8) is 0 Å². The maximum Gasteiger partial charge on any atom is 0.244 e. The number of aryl methyl sites for hydroxylation is 1. The van der Waals surface area contributed by atoms with Crippen LogP contribution < -0.4 is 5.73 Å². The minimum Gasteiger partial charge on any atom is -0.340 e. The fourth-order valence-electron chi connectivity index (χ4n) is 2.54. The van der Waals surface area contributed by atoms with Crippen LogP contribution in [0, 0.1) is 0 Å². The lowest BCUT2D eigenvalue weighted by Gasteiger charge is -2.22. The van der Waals surface area contributed by atoms with Crippen molar-refractivity contribution >= 4 is 5.91 Å². The number of amides is 1. The van der Waals surface area contributed by atoms with E-state index in [0.717, 1.165) is 16.8 Å². The Morgan fingerprint density at radius 1 is 1.32 bits per heavy atom. The van der Waals surface area contributed by atoms with Gasteiger partial charge in [0.1, 0.15) is 6.04 Å². The molecule has 0 saturated heterocycles. The second-order valence-electron chi connectivity index (χ2n) is 5.95. The van der Waals surface area contributed by atoms with Crippen LogP contribution in [0.5, 0.6) is 0 Å². The van der Waals surface area contributed by atoms with Gasteiger partial charge in [-0.25, -0.2) is 0 Å². The summed E-state index contributed by atoms with van der Waals surface area (Å²) in [5, 5.41) is 4.47. The van der Waals surface area contributed by atoms with E-state index in [-0.39, 0.29) is 5.91 Å². The largest absolute Gasteiger partial charge is 0.340 e. The summed E-state index contributed by atoms with van der Waals surface area (Å²) in [7, 11) is 3.68. The summed E-state index contributed by atoms with van der Waals surface area (Å²) in [6.45, 7) is 4.72. The summed E-state index contributed by atoms with van der Waals surface area (Å²) in [4.78, 5) is 14.2. The number of rotatable bonds is 5. The van der Waals surface area contributed by atoms with Gasteiger partial charge in [-0.2, -0.15) is 5.10 Å². The minimum atomic E-state index is -0.634. The third-order valence-corrected chi connectivity index (χ3v) is 3.69. The molecule has 0 spiro atoms. The normalized spacial score (nSPS) is 12.5. The minimum absolute atomic E-state index is 0.0928. The van der Waals surface area contributed by atoms with Crippen molar-refractivity contribution in [1.29, 1.82) is 0 Å². The molecule has 5 heteroatoms. The lowest BCUT2D eigenvalue weighted by molar-refractivity contribution is -0.132.